The first kappa shape index (κ1) is 20.7. The number of esters is 1. The van der Waals surface area contributed by atoms with E-state index in [0.717, 1.165) is 26.4 Å². The van der Waals surface area contributed by atoms with E-state index in [1.165, 1.54) is 16.0 Å². The molecule has 0 bridgehead atoms. The van der Waals surface area contributed by atoms with Crippen LogP contribution in [0.2, 0.25) is 0 Å². The first-order valence-corrected chi connectivity index (χ1v) is 10.7. The fraction of sp³-hybridized carbons (Fsp3) is 0.227. The third-order valence-electron chi connectivity index (χ3n) is 4.50. The molecule has 0 aliphatic rings. The summed E-state index contributed by atoms with van der Waals surface area (Å²) in [6, 6.07) is 16.3. The molecule has 0 aliphatic carbocycles. The lowest BCUT2D eigenvalue weighted by atomic mass is 10.1. The van der Waals surface area contributed by atoms with Crippen LogP contribution in [0.3, 0.4) is 0 Å². The molecule has 0 radical (unpaired) electrons. The summed E-state index contributed by atoms with van der Waals surface area (Å²) in [5.74, 6) is -0.531. The Hall–Kier alpha value is -3.59. The van der Waals surface area contributed by atoms with Gasteiger partial charge in [-0.15, -0.1) is 16.4 Å². The minimum absolute atomic E-state index is 0.00847. The number of amides is 1. The molecule has 4 aromatic rings. The number of carbonyl (C=O) groups is 2. The monoisotopic (exact) mass is 435 g/mol. The quantitative estimate of drug-likeness (QED) is 0.427. The number of fused-ring (bicyclic) bond motifs is 1. The highest BCUT2D eigenvalue weighted by atomic mass is 32.1. The number of hydrogen-bond acceptors (Lipinski definition) is 7. The molecule has 2 aromatic heterocycles. The van der Waals surface area contributed by atoms with Crippen LogP contribution < -0.4 is 5.32 Å². The fourth-order valence-corrected chi connectivity index (χ4v) is 4.09. The van der Waals surface area contributed by atoms with Crippen LogP contribution in [-0.2, 0) is 33.8 Å². The molecule has 0 unspecified atom stereocenters. The number of hydrogen-bond donors (Lipinski definition) is 1. The van der Waals surface area contributed by atoms with Crippen molar-refractivity contribution >= 4 is 33.4 Å². The van der Waals surface area contributed by atoms with Crippen LogP contribution >= 0.6 is 11.3 Å². The Morgan fingerprint density at radius 3 is 2.77 bits per heavy atom. The normalized spacial score (nSPS) is 10.9. The van der Waals surface area contributed by atoms with Gasteiger partial charge in [-0.3, -0.25) is 9.59 Å². The molecule has 2 aromatic carbocycles. The van der Waals surface area contributed by atoms with Gasteiger partial charge in [0, 0.05) is 0 Å². The molecule has 4 rings (SSSR count). The topological polar surface area (TPSA) is 99.0 Å². The smallest absolute Gasteiger partial charge is 0.327 e. The molecule has 158 valence electrons. The molecular weight excluding hydrogens is 414 g/mol. The zero-order valence-corrected chi connectivity index (χ0v) is 17.8. The SMILES string of the molecule is CCOC(=O)Cn1cc(CNC(=O)Cc2nc3ccc(-c4ccccc4)cc3s2)nn1. The number of ether oxygens (including phenoxy) is 1. The van der Waals surface area contributed by atoms with E-state index < -0.39 is 0 Å². The predicted octanol–water partition coefficient (Wildman–Crippen LogP) is 2.98. The van der Waals surface area contributed by atoms with Crippen LogP contribution in [0.15, 0.2) is 54.7 Å². The van der Waals surface area contributed by atoms with Crippen LogP contribution in [0, 0.1) is 0 Å². The number of nitrogens with zero attached hydrogens (tertiary/aromatic N) is 4. The van der Waals surface area contributed by atoms with E-state index in [2.05, 4.69) is 38.8 Å². The van der Waals surface area contributed by atoms with Crippen molar-refractivity contribution in [3.05, 3.63) is 65.4 Å². The van der Waals surface area contributed by atoms with Gasteiger partial charge < -0.3 is 10.1 Å². The largest absolute Gasteiger partial charge is 0.465 e. The fourth-order valence-electron chi connectivity index (χ4n) is 3.08. The minimum atomic E-state index is -0.380. The molecule has 0 fully saturated rings. The lowest BCUT2D eigenvalue weighted by molar-refractivity contribution is -0.144. The molecule has 0 saturated heterocycles. The molecule has 31 heavy (non-hydrogen) atoms. The van der Waals surface area contributed by atoms with Gasteiger partial charge >= 0.3 is 5.97 Å². The first-order valence-electron chi connectivity index (χ1n) is 9.87. The van der Waals surface area contributed by atoms with E-state index in [0.29, 0.717) is 12.3 Å². The highest BCUT2D eigenvalue weighted by Gasteiger charge is 2.12. The van der Waals surface area contributed by atoms with Gasteiger partial charge in [0.2, 0.25) is 5.91 Å². The summed E-state index contributed by atoms with van der Waals surface area (Å²) in [6.07, 6.45) is 1.80. The summed E-state index contributed by atoms with van der Waals surface area (Å²) in [6.45, 7) is 2.28. The van der Waals surface area contributed by atoms with Crippen molar-refractivity contribution in [1.29, 1.82) is 0 Å². The molecule has 1 N–H and O–H groups in total. The minimum Gasteiger partial charge on any atom is -0.465 e. The number of thiazole rings is 1. The summed E-state index contributed by atoms with van der Waals surface area (Å²) >= 11 is 1.52. The third-order valence-corrected chi connectivity index (χ3v) is 5.52. The van der Waals surface area contributed by atoms with Crippen molar-refractivity contribution in [1.82, 2.24) is 25.3 Å². The van der Waals surface area contributed by atoms with Crippen molar-refractivity contribution in [2.75, 3.05) is 6.61 Å². The molecular formula is C22H21N5O3S. The Labute approximate surface area is 182 Å². The Kier molecular flexibility index (Phi) is 6.32. The zero-order valence-electron chi connectivity index (χ0n) is 16.9. The summed E-state index contributed by atoms with van der Waals surface area (Å²) < 4.78 is 7.31. The van der Waals surface area contributed by atoms with Crippen LogP contribution in [0.1, 0.15) is 17.6 Å². The number of carbonyl (C=O) groups excluding carboxylic acids is 2. The maximum atomic E-state index is 12.3. The van der Waals surface area contributed by atoms with E-state index in [1.54, 1.807) is 13.1 Å². The maximum absolute atomic E-state index is 12.3. The van der Waals surface area contributed by atoms with Gasteiger partial charge in [-0.05, 0) is 30.2 Å². The molecule has 8 nitrogen and oxygen atoms in total. The molecule has 0 atom stereocenters. The molecule has 0 aliphatic heterocycles. The van der Waals surface area contributed by atoms with Gasteiger partial charge in [0.1, 0.15) is 17.2 Å². The summed E-state index contributed by atoms with van der Waals surface area (Å²) in [5.41, 5.74) is 3.72. The van der Waals surface area contributed by atoms with E-state index >= 15 is 0 Å². The molecule has 0 spiro atoms. The van der Waals surface area contributed by atoms with E-state index in [9.17, 15) is 9.59 Å². The van der Waals surface area contributed by atoms with Crippen molar-refractivity contribution < 1.29 is 14.3 Å². The van der Waals surface area contributed by atoms with E-state index in [4.69, 9.17) is 4.74 Å². The van der Waals surface area contributed by atoms with Gasteiger partial charge in [-0.25, -0.2) is 9.67 Å². The Bertz CT molecular complexity index is 1200. The summed E-state index contributed by atoms with van der Waals surface area (Å²) in [7, 11) is 0. The van der Waals surface area contributed by atoms with Crippen molar-refractivity contribution in [3.8, 4) is 11.1 Å². The lowest BCUT2D eigenvalue weighted by Crippen LogP contribution is -2.24. The molecule has 0 saturated carbocycles. The van der Waals surface area contributed by atoms with Gasteiger partial charge in [-0.1, -0.05) is 41.6 Å². The standard InChI is InChI=1S/C22H21N5O3S/c1-2-30-22(29)14-27-13-17(25-26-27)12-23-20(28)11-21-24-18-9-8-16(10-19(18)31-21)15-6-4-3-5-7-15/h3-10,13H,2,11-12,14H2,1H3,(H,23,28). The first-order chi connectivity index (χ1) is 15.1. The zero-order chi connectivity index (χ0) is 21.6. The number of rotatable bonds is 8. The average molecular weight is 436 g/mol. The van der Waals surface area contributed by atoms with E-state index in [1.807, 2.05) is 30.3 Å². The van der Waals surface area contributed by atoms with Crippen molar-refractivity contribution in [3.63, 3.8) is 0 Å². The van der Waals surface area contributed by atoms with Gasteiger partial charge in [0.15, 0.2) is 0 Å². The summed E-state index contributed by atoms with van der Waals surface area (Å²) in [4.78, 5) is 28.4. The van der Waals surface area contributed by atoms with E-state index in [-0.39, 0.29) is 31.4 Å². The second-order valence-corrected chi connectivity index (χ2v) is 7.94. The maximum Gasteiger partial charge on any atom is 0.327 e. The van der Waals surface area contributed by atoms with Crippen molar-refractivity contribution in [2.24, 2.45) is 0 Å². The molecule has 2 heterocycles. The average Bonchev–Trinajstić information content (AvgIpc) is 3.38. The van der Waals surface area contributed by atoms with Crippen LogP contribution in [-0.4, -0.2) is 38.5 Å². The number of aromatic nitrogens is 4. The molecule has 1 amide bonds. The van der Waals surface area contributed by atoms with Crippen molar-refractivity contribution in [2.45, 2.75) is 26.4 Å². The van der Waals surface area contributed by atoms with Gasteiger partial charge in [0.25, 0.3) is 0 Å². The van der Waals surface area contributed by atoms with Gasteiger partial charge in [-0.2, -0.15) is 0 Å². The highest BCUT2D eigenvalue weighted by Crippen LogP contribution is 2.28. The number of benzene rings is 2. The third kappa shape index (κ3) is 5.32. The van der Waals surface area contributed by atoms with Crippen LogP contribution in [0.25, 0.3) is 21.3 Å². The predicted molar refractivity (Wildman–Crippen MR) is 117 cm³/mol. The van der Waals surface area contributed by atoms with Crippen LogP contribution in [0.5, 0.6) is 0 Å². The summed E-state index contributed by atoms with van der Waals surface area (Å²) in [5, 5.41) is 11.4. The van der Waals surface area contributed by atoms with Gasteiger partial charge in [0.05, 0.1) is 36.0 Å². The van der Waals surface area contributed by atoms with Crippen LogP contribution in [0.4, 0.5) is 0 Å². The Morgan fingerprint density at radius 2 is 1.97 bits per heavy atom. The lowest BCUT2D eigenvalue weighted by Gasteiger charge is -2.01. The Balaban J connectivity index is 1.34. The highest BCUT2D eigenvalue weighted by molar-refractivity contribution is 7.18. The Morgan fingerprint density at radius 1 is 1.13 bits per heavy atom. The second-order valence-electron chi connectivity index (χ2n) is 6.82. The molecule has 9 heteroatoms. The second kappa shape index (κ2) is 9.48. The number of nitrogens with one attached hydrogen (secondary N) is 1.